The summed E-state index contributed by atoms with van der Waals surface area (Å²) in [6.07, 6.45) is 0. The number of nitrogens with one attached hydrogen (secondary N) is 2. The molecule has 0 aliphatic heterocycles. The molecule has 0 radical (unpaired) electrons. The number of carbonyl (C=O) groups excluding carboxylic acids is 1. The zero-order chi connectivity index (χ0) is 19.4. The monoisotopic (exact) mass is 367 g/mol. The number of hydrogen-bond acceptors (Lipinski definition) is 5. The average molecular weight is 367 g/mol. The number of nitrogens with zero attached hydrogens (tertiary/aromatic N) is 1. The number of benzene rings is 2. The topological polar surface area (TPSA) is 121 Å². The van der Waals surface area contributed by atoms with Crippen molar-refractivity contribution in [3.05, 3.63) is 76.1 Å². The third-order valence-electron chi connectivity index (χ3n) is 3.97. The Labute approximate surface area is 153 Å². The number of aliphatic carboxylic acids is 1. The van der Waals surface area contributed by atoms with Gasteiger partial charge in [0.25, 0.3) is 11.5 Å². The maximum absolute atomic E-state index is 12.8. The third kappa shape index (κ3) is 3.74. The predicted octanol–water partition coefficient (Wildman–Crippen LogP) is 1.27. The van der Waals surface area contributed by atoms with Crippen molar-refractivity contribution in [3.8, 4) is 5.75 Å². The Kier molecular flexibility index (Phi) is 5.07. The van der Waals surface area contributed by atoms with E-state index in [1.807, 2.05) is 30.3 Å². The summed E-state index contributed by atoms with van der Waals surface area (Å²) in [7, 11) is 0. The summed E-state index contributed by atoms with van der Waals surface area (Å²) in [6, 6.07) is 15.9. The lowest BCUT2D eigenvalue weighted by Gasteiger charge is -2.16. The number of para-hydroxylation sites is 1. The van der Waals surface area contributed by atoms with Crippen LogP contribution in [0.25, 0.3) is 10.9 Å². The van der Waals surface area contributed by atoms with Crippen molar-refractivity contribution in [1.82, 2.24) is 9.99 Å². The SMILES string of the molecule is O=C(O)CNC(=O)c1c(O)c2ccccc2n(NCc2ccccc2)c1=O. The molecule has 3 aromatic rings. The van der Waals surface area contributed by atoms with Gasteiger partial charge in [0.05, 0.1) is 12.1 Å². The highest BCUT2D eigenvalue weighted by molar-refractivity contribution is 6.03. The van der Waals surface area contributed by atoms with Gasteiger partial charge in [-0.1, -0.05) is 42.5 Å². The molecule has 0 aliphatic carbocycles. The Bertz CT molecular complexity index is 1060. The molecule has 0 saturated carbocycles. The minimum atomic E-state index is -1.26. The Hall–Kier alpha value is -3.81. The summed E-state index contributed by atoms with van der Waals surface area (Å²) in [5.41, 5.74) is 2.97. The summed E-state index contributed by atoms with van der Waals surface area (Å²) in [5.74, 6) is -2.71. The van der Waals surface area contributed by atoms with E-state index in [1.54, 1.807) is 24.3 Å². The van der Waals surface area contributed by atoms with E-state index in [9.17, 15) is 19.5 Å². The van der Waals surface area contributed by atoms with Gasteiger partial charge >= 0.3 is 5.97 Å². The molecular weight excluding hydrogens is 350 g/mol. The third-order valence-corrected chi connectivity index (χ3v) is 3.97. The van der Waals surface area contributed by atoms with Gasteiger partial charge in [-0.15, -0.1) is 0 Å². The first-order valence-corrected chi connectivity index (χ1v) is 8.13. The highest BCUT2D eigenvalue weighted by Crippen LogP contribution is 2.25. The standard InChI is InChI=1S/C19H17N3O5/c23-15(24)11-20-18(26)16-17(25)13-8-4-5-9-14(13)22(19(16)27)21-10-12-6-2-1-3-7-12/h1-9,21,25H,10-11H2,(H,20,26)(H,23,24). The number of rotatable bonds is 6. The van der Waals surface area contributed by atoms with Crippen molar-refractivity contribution in [2.75, 3.05) is 12.0 Å². The van der Waals surface area contributed by atoms with Crippen molar-refractivity contribution in [2.45, 2.75) is 6.54 Å². The van der Waals surface area contributed by atoms with Crippen molar-refractivity contribution < 1.29 is 19.8 Å². The lowest BCUT2D eigenvalue weighted by molar-refractivity contribution is -0.135. The summed E-state index contributed by atoms with van der Waals surface area (Å²) < 4.78 is 1.18. The fraction of sp³-hybridized carbons (Fsp3) is 0.105. The number of aromatic hydroxyl groups is 1. The number of carbonyl (C=O) groups is 2. The first kappa shape index (κ1) is 18.0. The number of aromatic nitrogens is 1. The Morgan fingerprint density at radius 1 is 1.00 bits per heavy atom. The maximum atomic E-state index is 12.8. The van der Waals surface area contributed by atoms with Gasteiger partial charge < -0.3 is 21.0 Å². The molecule has 3 rings (SSSR count). The summed E-state index contributed by atoms with van der Waals surface area (Å²) in [5, 5.41) is 21.5. The van der Waals surface area contributed by atoms with Gasteiger partial charge in [0.1, 0.15) is 17.9 Å². The molecule has 1 heterocycles. The highest BCUT2D eigenvalue weighted by atomic mass is 16.4. The van der Waals surface area contributed by atoms with E-state index < -0.39 is 35.3 Å². The molecule has 8 nitrogen and oxygen atoms in total. The first-order chi connectivity index (χ1) is 13.0. The number of pyridine rings is 1. The largest absolute Gasteiger partial charge is 0.506 e. The summed E-state index contributed by atoms with van der Waals surface area (Å²) in [6.45, 7) is -0.353. The Morgan fingerprint density at radius 3 is 2.37 bits per heavy atom. The number of carboxylic acids is 1. The van der Waals surface area contributed by atoms with E-state index in [0.29, 0.717) is 12.1 Å². The van der Waals surface area contributed by atoms with Crippen molar-refractivity contribution in [1.29, 1.82) is 0 Å². The molecule has 138 valence electrons. The molecule has 0 spiro atoms. The fourth-order valence-corrected chi connectivity index (χ4v) is 2.70. The molecular formula is C19H17N3O5. The maximum Gasteiger partial charge on any atom is 0.322 e. The van der Waals surface area contributed by atoms with Gasteiger partial charge in [-0.3, -0.25) is 14.4 Å². The van der Waals surface area contributed by atoms with E-state index >= 15 is 0 Å². The van der Waals surface area contributed by atoms with Crippen LogP contribution >= 0.6 is 0 Å². The highest BCUT2D eigenvalue weighted by Gasteiger charge is 2.22. The van der Waals surface area contributed by atoms with Crippen LogP contribution in [-0.2, 0) is 11.3 Å². The summed E-state index contributed by atoms with van der Waals surface area (Å²) >= 11 is 0. The number of fused-ring (bicyclic) bond motifs is 1. The molecule has 27 heavy (non-hydrogen) atoms. The number of carboxylic acid groups (broad SMARTS) is 1. The van der Waals surface area contributed by atoms with E-state index in [0.717, 1.165) is 5.56 Å². The van der Waals surface area contributed by atoms with Crippen LogP contribution in [0.1, 0.15) is 15.9 Å². The van der Waals surface area contributed by atoms with Crippen molar-refractivity contribution in [2.24, 2.45) is 0 Å². The average Bonchev–Trinajstić information content (AvgIpc) is 2.67. The molecule has 1 amide bonds. The quantitative estimate of drug-likeness (QED) is 0.521. The smallest absolute Gasteiger partial charge is 0.322 e. The molecule has 0 aliphatic rings. The lowest BCUT2D eigenvalue weighted by atomic mass is 10.1. The molecule has 0 atom stereocenters. The molecule has 2 aromatic carbocycles. The first-order valence-electron chi connectivity index (χ1n) is 8.13. The van der Waals surface area contributed by atoms with Gasteiger partial charge in [-0.25, -0.2) is 4.68 Å². The number of hydrogen-bond donors (Lipinski definition) is 4. The van der Waals surface area contributed by atoms with Crippen LogP contribution in [0.2, 0.25) is 0 Å². The van der Waals surface area contributed by atoms with Crippen LogP contribution in [-0.4, -0.2) is 33.3 Å². The Balaban J connectivity index is 2.07. The second-order valence-electron chi connectivity index (χ2n) is 5.78. The fourth-order valence-electron chi connectivity index (χ4n) is 2.70. The minimum Gasteiger partial charge on any atom is -0.506 e. The molecule has 0 bridgehead atoms. The zero-order valence-corrected chi connectivity index (χ0v) is 14.2. The van der Waals surface area contributed by atoms with Gasteiger partial charge in [-0.2, -0.15) is 0 Å². The van der Waals surface area contributed by atoms with Crippen LogP contribution in [0, 0.1) is 0 Å². The van der Waals surface area contributed by atoms with E-state index in [4.69, 9.17) is 5.11 Å². The number of amides is 1. The normalized spacial score (nSPS) is 10.5. The van der Waals surface area contributed by atoms with Gasteiger partial charge in [-0.05, 0) is 17.7 Å². The van der Waals surface area contributed by atoms with Crippen molar-refractivity contribution >= 4 is 22.8 Å². The van der Waals surface area contributed by atoms with Crippen LogP contribution in [0.4, 0.5) is 0 Å². The molecule has 8 heteroatoms. The summed E-state index contributed by atoms with van der Waals surface area (Å²) in [4.78, 5) is 35.8. The second-order valence-corrected chi connectivity index (χ2v) is 5.78. The molecule has 0 fully saturated rings. The van der Waals surface area contributed by atoms with Crippen LogP contribution < -0.4 is 16.3 Å². The van der Waals surface area contributed by atoms with Crippen molar-refractivity contribution in [3.63, 3.8) is 0 Å². The molecule has 0 unspecified atom stereocenters. The lowest BCUT2D eigenvalue weighted by Crippen LogP contribution is -2.38. The zero-order valence-electron chi connectivity index (χ0n) is 14.2. The Morgan fingerprint density at radius 2 is 1.67 bits per heavy atom. The van der Waals surface area contributed by atoms with Crippen LogP contribution in [0.15, 0.2) is 59.4 Å². The van der Waals surface area contributed by atoms with Gasteiger partial charge in [0, 0.05) is 5.39 Å². The molecule has 0 saturated heterocycles. The van der Waals surface area contributed by atoms with E-state index in [1.165, 1.54) is 4.68 Å². The van der Waals surface area contributed by atoms with Crippen LogP contribution in [0.5, 0.6) is 5.75 Å². The minimum absolute atomic E-state index is 0.290. The van der Waals surface area contributed by atoms with Crippen LogP contribution in [0.3, 0.4) is 0 Å². The van der Waals surface area contributed by atoms with Gasteiger partial charge in [0.15, 0.2) is 0 Å². The van der Waals surface area contributed by atoms with E-state index in [2.05, 4.69) is 10.7 Å². The second kappa shape index (κ2) is 7.61. The van der Waals surface area contributed by atoms with Gasteiger partial charge in [0.2, 0.25) is 0 Å². The molecule has 1 aromatic heterocycles. The predicted molar refractivity (Wildman–Crippen MR) is 99.3 cm³/mol. The molecule has 4 N–H and O–H groups in total. The van der Waals surface area contributed by atoms with E-state index in [-0.39, 0.29) is 5.39 Å².